The Balaban J connectivity index is 1.61. The van der Waals surface area contributed by atoms with Crippen molar-refractivity contribution in [3.05, 3.63) is 53.6 Å². The fourth-order valence-electron chi connectivity index (χ4n) is 2.66. The number of amidine groups is 1. The summed E-state index contributed by atoms with van der Waals surface area (Å²) >= 11 is 1.04. The van der Waals surface area contributed by atoms with Gasteiger partial charge >= 0.3 is 5.97 Å². The van der Waals surface area contributed by atoms with E-state index in [9.17, 15) is 9.59 Å². The normalized spacial score (nSPS) is 17.0. The van der Waals surface area contributed by atoms with Gasteiger partial charge in [0, 0.05) is 0 Å². The number of nitrogens with one attached hydrogen (secondary N) is 1. The van der Waals surface area contributed by atoms with E-state index in [1.807, 2.05) is 24.3 Å². The van der Waals surface area contributed by atoms with Gasteiger partial charge in [-0.15, -0.1) is 5.10 Å². The van der Waals surface area contributed by atoms with Gasteiger partial charge in [0.1, 0.15) is 17.6 Å². The molecule has 2 aromatic rings. The molecule has 1 unspecified atom stereocenters. The minimum atomic E-state index is -1.04. The second-order valence-electron chi connectivity index (χ2n) is 6.39. The predicted octanol–water partition coefficient (Wildman–Crippen LogP) is 2.68. The smallest absolute Gasteiger partial charge is 0.305 e. The lowest BCUT2D eigenvalue weighted by atomic mass is 10.2. The number of ether oxygens (including phenoxy) is 3. The van der Waals surface area contributed by atoms with Gasteiger partial charge in [0.05, 0.1) is 26.9 Å². The summed E-state index contributed by atoms with van der Waals surface area (Å²) in [7, 11) is 3.16. The standard InChI is InChI=1S/C21H21N3O6S/c1-28-15-6-3-13(4-7-15)12-30-16-8-5-14(9-17(16)29-2)11-22-24-21-23-20(27)18(31-21)10-19(25)26/h3-9,11,18H,10,12H2,1-2H3,(H,25,26)(H,23,24,27). The number of carboxylic acids is 1. The number of carboxylic acid groups (broad SMARTS) is 1. The summed E-state index contributed by atoms with van der Waals surface area (Å²) in [6, 6.07) is 12.9. The van der Waals surface area contributed by atoms with E-state index in [-0.39, 0.29) is 17.5 Å². The van der Waals surface area contributed by atoms with Crippen LogP contribution in [0.15, 0.2) is 52.7 Å². The number of hydrogen-bond donors (Lipinski definition) is 2. The zero-order chi connectivity index (χ0) is 22.2. The molecule has 1 fully saturated rings. The number of aliphatic carboxylic acids is 1. The van der Waals surface area contributed by atoms with Crippen molar-refractivity contribution in [2.45, 2.75) is 18.3 Å². The maximum absolute atomic E-state index is 11.7. The number of rotatable bonds is 9. The Morgan fingerprint density at radius 2 is 1.94 bits per heavy atom. The average molecular weight is 443 g/mol. The van der Waals surface area contributed by atoms with E-state index >= 15 is 0 Å². The minimum absolute atomic E-state index is 0.263. The van der Waals surface area contributed by atoms with Gasteiger partial charge in [-0.3, -0.25) is 9.59 Å². The number of carbonyl (C=O) groups is 2. The third kappa shape index (κ3) is 6.22. The molecule has 0 radical (unpaired) electrons. The van der Waals surface area contributed by atoms with Crippen LogP contribution in [0.5, 0.6) is 17.2 Å². The van der Waals surface area contributed by atoms with E-state index in [2.05, 4.69) is 15.5 Å². The molecule has 1 amide bonds. The van der Waals surface area contributed by atoms with Gasteiger partial charge in [0.25, 0.3) is 0 Å². The fourth-order valence-corrected chi connectivity index (χ4v) is 3.57. The molecule has 0 saturated carbocycles. The first-order chi connectivity index (χ1) is 15.0. The van der Waals surface area contributed by atoms with Crippen LogP contribution >= 0.6 is 11.8 Å². The van der Waals surface area contributed by atoms with Crippen molar-refractivity contribution < 1.29 is 28.9 Å². The van der Waals surface area contributed by atoms with Crippen LogP contribution in [0.3, 0.4) is 0 Å². The summed E-state index contributed by atoms with van der Waals surface area (Å²) in [6.07, 6.45) is 1.23. The Hall–Kier alpha value is -3.53. The van der Waals surface area contributed by atoms with Gasteiger partial charge in [-0.05, 0) is 41.5 Å². The summed E-state index contributed by atoms with van der Waals surface area (Å²) < 4.78 is 16.4. The number of thioether (sulfide) groups is 1. The van der Waals surface area contributed by atoms with Crippen molar-refractivity contribution in [3.8, 4) is 17.2 Å². The van der Waals surface area contributed by atoms with E-state index in [1.165, 1.54) is 6.21 Å². The van der Waals surface area contributed by atoms with E-state index in [0.717, 1.165) is 28.6 Å². The number of nitrogens with zero attached hydrogens (tertiary/aromatic N) is 2. The fraction of sp³-hybridized carbons (Fsp3) is 0.238. The number of benzene rings is 2. The highest BCUT2D eigenvalue weighted by Gasteiger charge is 2.32. The summed E-state index contributed by atoms with van der Waals surface area (Å²) in [5, 5.41) is 18.8. The van der Waals surface area contributed by atoms with Crippen molar-refractivity contribution in [2.75, 3.05) is 14.2 Å². The van der Waals surface area contributed by atoms with Crippen molar-refractivity contribution in [1.29, 1.82) is 0 Å². The molecule has 1 aliphatic heterocycles. The van der Waals surface area contributed by atoms with Gasteiger partial charge in [0.2, 0.25) is 5.91 Å². The molecule has 1 aliphatic rings. The molecule has 1 saturated heterocycles. The number of carbonyl (C=O) groups excluding carboxylic acids is 1. The van der Waals surface area contributed by atoms with Crippen molar-refractivity contribution in [3.63, 3.8) is 0 Å². The zero-order valence-electron chi connectivity index (χ0n) is 16.9. The van der Waals surface area contributed by atoms with E-state index < -0.39 is 11.2 Å². The maximum atomic E-state index is 11.7. The first kappa shape index (κ1) is 22.2. The summed E-state index contributed by atoms with van der Waals surface area (Å²) in [5.74, 6) is 0.466. The van der Waals surface area contributed by atoms with Crippen LogP contribution in [0.25, 0.3) is 0 Å². The van der Waals surface area contributed by atoms with Gasteiger partial charge in [-0.2, -0.15) is 5.10 Å². The lowest BCUT2D eigenvalue weighted by Gasteiger charge is -2.11. The van der Waals surface area contributed by atoms with Crippen molar-refractivity contribution in [2.24, 2.45) is 10.2 Å². The average Bonchev–Trinajstić information content (AvgIpc) is 3.11. The van der Waals surface area contributed by atoms with Crippen LogP contribution in [-0.4, -0.2) is 47.8 Å². The second kappa shape index (κ2) is 10.5. The SMILES string of the molecule is COc1ccc(COc2ccc(C=NN=C3NC(=O)C(CC(=O)O)S3)cc2OC)cc1. The highest BCUT2D eigenvalue weighted by atomic mass is 32.2. The predicted molar refractivity (Wildman–Crippen MR) is 117 cm³/mol. The number of amides is 1. The summed E-state index contributed by atoms with van der Waals surface area (Å²) in [5.41, 5.74) is 1.70. The number of methoxy groups -OCH3 is 2. The molecule has 10 heteroatoms. The second-order valence-corrected chi connectivity index (χ2v) is 7.58. The topological polar surface area (TPSA) is 119 Å². The molecule has 1 atom stereocenters. The lowest BCUT2D eigenvalue weighted by Crippen LogP contribution is -2.26. The van der Waals surface area contributed by atoms with E-state index in [4.69, 9.17) is 19.3 Å². The molecule has 0 bridgehead atoms. The highest BCUT2D eigenvalue weighted by Crippen LogP contribution is 2.29. The molecule has 162 valence electrons. The third-order valence-electron chi connectivity index (χ3n) is 4.23. The van der Waals surface area contributed by atoms with E-state index in [1.54, 1.807) is 32.4 Å². The quantitative estimate of drug-likeness (QED) is 0.452. The Morgan fingerprint density at radius 3 is 2.61 bits per heavy atom. The maximum Gasteiger partial charge on any atom is 0.305 e. The van der Waals surface area contributed by atoms with Gasteiger partial charge < -0.3 is 24.6 Å². The van der Waals surface area contributed by atoms with Gasteiger partial charge in [-0.1, -0.05) is 23.9 Å². The van der Waals surface area contributed by atoms with Crippen LogP contribution < -0.4 is 19.5 Å². The first-order valence-corrected chi connectivity index (χ1v) is 10.1. The molecular formula is C21H21N3O6S. The molecule has 0 aromatic heterocycles. The Morgan fingerprint density at radius 1 is 1.16 bits per heavy atom. The van der Waals surface area contributed by atoms with E-state index in [0.29, 0.717) is 18.1 Å². The van der Waals surface area contributed by atoms with Gasteiger partial charge in [-0.25, -0.2) is 0 Å². The monoisotopic (exact) mass is 443 g/mol. The highest BCUT2D eigenvalue weighted by molar-refractivity contribution is 8.15. The van der Waals surface area contributed by atoms with Crippen LogP contribution in [-0.2, 0) is 16.2 Å². The van der Waals surface area contributed by atoms with Crippen molar-refractivity contribution in [1.82, 2.24) is 5.32 Å². The largest absolute Gasteiger partial charge is 0.497 e. The zero-order valence-corrected chi connectivity index (χ0v) is 17.7. The molecule has 3 rings (SSSR count). The Labute approximate surface area is 183 Å². The molecule has 0 spiro atoms. The Bertz CT molecular complexity index is 1010. The molecular weight excluding hydrogens is 422 g/mol. The van der Waals surface area contributed by atoms with Gasteiger partial charge in [0.15, 0.2) is 16.7 Å². The summed E-state index contributed by atoms with van der Waals surface area (Å²) in [6.45, 7) is 0.371. The van der Waals surface area contributed by atoms with Crippen LogP contribution in [0.1, 0.15) is 17.5 Å². The molecule has 0 aliphatic carbocycles. The van der Waals surface area contributed by atoms with Crippen LogP contribution in [0.4, 0.5) is 0 Å². The molecule has 2 aromatic carbocycles. The minimum Gasteiger partial charge on any atom is -0.497 e. The molecule has 9 nitrogen and oxygen atoms in total. The number of hydrogen-bond acceptors (Lipinski definition) is 8. The first-order valence-electron chi connectivity index (χ1n) is 9.22. The van der Waals surface area contributed by atoms with Crippen LogP contribution in [0, 0.1) is 0 Å². The Kier molecular flexibility index (Phi) is 7.50. The summed E-state index contributed by atoms with van der Waals surface area (Å²) in [4.78, 5) is 22.5. The lowest BCUT2D eigenvalue weighted by molar-refractivity contribution is -0.138. The van der Waals surface area contributed by atoms with Crippen molar-refractivity contribution >= 4 is 35.0 Å². The van der Waals surface area contributed by atoms with Crippen LogP contribution in [0.2, 0.25) is 0 Å². The molecule has 1 heterocycles. The third-order valence-corrected chi connectivity index (χ3v) is 5.31. The molecule has 31 heavy (non-hydrogen) atoms. The molecule has 2 N–H and O–H groups in total.